The highest BCUT2D eigenvalue weighted by atomic mass is 35.5. The van der Waals surface area contributed by atoms with E-state index in [0.717, 1.165) is 18.1 Å². The van der Waals surface area contributed by atoms with E-state index in [9.17, 15) is 4.39 Å². The summed E-state index contributed by atoms with van der Waals surface area (Å²) in [5, 5.41) is 6.54. The molecule has 5 heteroatoms. The maximum absolute atomic E-state index is 13.2. The van der Waals surface area contributed by atoms with Crippen LogP contribution in [-0.2, 0) is 0 Å². The average Bonchev–Trinajstić information content (AvgIpc) is 2.28. The minimum Gasteiger partial charge on any atom is -0.370 e. The first-order valence-corrected chi connectivity index (χ1v) is 5.98. The molecule has 1 aromatic heterocycles. The zero-order valence-electron chi connectivity index (χ0n) is 9.87. The van der Waals surface area contributed by atoms with Gasteiger partial charge in [0.15, 0.2) is 0 Å². The summed E-state index contributed by atoms with van der Waals surface area (Å²) in [6.45, 7) is 2.79. The van der Waals surface area contributed by atoms with E-state index in [4.69, 9.17) is 11.6 Å². The lowest BCUT2D eigenvalue weighted by Crippen LogP contribution is -2.00. The molecule has 3 nitrogen and oxygen atoms in total. The summed E-state index contributed by atoms with van der Waals surface area (Å²) in [4.78, 5) is 4.15. The van der Waals surface area contributed by atoms with Crippen LogP contribution in [0.3, 0.4) is 0 Å². The molecule has 0 amide bonds. The predicted molar refractivity (Wildman–Crippen MR) is 73.1 cm³/mol. The van der Waals surface area contributed by atoms with Crippen LogP contribution >= 0.6 is 11.6 Å². The minimum absolute atomic E-state index is 0.360. The number of nitrogens with zero attached hydrogens (tertiary/aromatic N) is 1. The number of halogens is 2. The number of nitrogens with one attached hydrogen (secondary N) is 2. The summed E-state index contributed by atoms with van der Waals surface area (Å²) < 4.78 is 13.2. The highest BCUT2D eigenvalue weighted by molar-refractivity contribution is 6.30. The second-order valence-corrected chi connectivity index (χ2v) is 4.18. The van der Waals surface area contributed by atoms with E-state index in [-0.39, 0.29) is 5.82 Å². The molecule has 0 bridgehead atoms. The Bertz CT molecular complexity index is 525. The Balaban J connectivity index is 2.20. The van der Waals surface area contributed by atoms with Crippen molar-refractivity contribution in [3.63, 3.8) is 0 Å². The second kappa shape index (κ2) is 5.69. The van der Waals surface area contributed by atoms with E-state index in [0.29, 0.717) is 10.7 Å². The highest BCUT2D eigenvalue weighted by Crippen LogP contribution is 2.22. The van der Waals surface area contributed by atoms with Gasteiger partial charge in [-0.2, -0.15) is 0 Å². The zero-order valence-corrected chi connectivity index (χ0v) is 10.6. The summed E-state index contributed by atoms with van der Waals surface area (Å²) in [7, 11) is 0. The highest BCUT2D eigenvalue weighted by Gasteiger charge is 2.01. The number of hydrogen-bond donors (Lipinski definition) is 2. The monoisotopic (exact) mass is 265 g/mol. The fourth-order valence-corrected chi connectivity index (χ4v) is 1.80. The predicted octanol–water partition coefficient (Wildman–Crippen LogP) is 4.05. The molecule has 0 aliphatic carbocycles. The summed E-state index contributed by atoms with van der Waals surface area (Å²) in [6.07, 6.45) is 1.68. The fourth-order valence-electron chi connectivity index (χ4n) is 1.58. The van der Waals surface area contributed by atoms with Crippen LogP contribution in [0.15, 0.2) is 36.5 Å². The van der Waals surface area contributed by atoms with Crippen LogP contribution in [0.5, 0.6) is 0 Å². The maximum Gasteiger partial charge on any atom is 0.127 e. The van der Waals surface area contributed by atoms with Crippen molar-refractivity contribution in [2.24, 2.45) is 0 Å². The molecule has 0 saturated carbocycles. The van der Waals surface area contributed by atoms with E-state index in [1.165, 1.54) is 12.1 Å². The molecule has 2 rings (SSSR count). The van der Waals surface area contributed by atoms with Gasteiger partial charge in [0.1, 0.15) is 11.6 Å². The van der Waals surface area contributed by atoms with Crippen LogP contribution in [0.1, 0.15) is 6.92 Å². The van der Waals surface area contributed by atoms with Crippen molar-refractivity contribution >= 4 is 28.8 Å². The Morgan fingerprint density at radius 2 is 2.06 bits per heavy atom. The molecule has 0 aliphatic rings. The number of benzene rings is 1. The number of rotatable bonds is 4. The molecule has 0 aliphatic heterocycles. The van der Waals surface area contributed by atoms with Crippen LogP contribution in [0.25, 0.3) is 0 Å². The summed E-state index contributed by atoms with van der Waals surface area (Å²) >= 11 is 5.79. The molecule has 0 saturated heterocycles. The standard InChI is InChI=1S/C13H13ClFN3/c1-2-16-13-8-11(3-4-17-13)18-12-6-9(14)5-10(15)7-12/h3-8H,2H2,1H3,(H2,16,17,18). The molecule has 18 heavy (non-hydrogen) atoms. The minimum atomic E-state index is -0.369. The van der Waals surface area contributed by atoms with Gasteiger partial charge in [0.2, 0.25) is 0 Å². The Morgan fingerprint density at radius 1 is 1.22 bits per heavy atom. The molecule has 2 aromatic rings. The molecule has 0 atom stereocenters. The lowest BCUT2D eigenvalue weighted by atomic mass is 10.3. The van der Waals surface area contributed by atoms with E-state index in [1.807, 2.05) is 13.0 Å². The van der Waals surface area contributed by atoms with Gasteiger partial charge in [0, 0.05) is 35.2 Å². The van der Waals surface area contributed by atoms with Gasteiger partial charge in [0.05, 0.1) is 0 Å². The molecule has 0 fully saturated rings. The van der Waals surface area contributed by atoms with E-state index in [1.54, 1.807) is 18.3 Å². The van der Waals surface area contributed by atoms with Crippen molar-refractivity contribution in [1.29, 1.82) is 0 Å². The number of anilines is 3. The summed E-state index contributed by atoms with van der Waals surface area (Å²) in [5.74, 6) is 0.399. The van der Waals surface area contributed by atoms with Crippen molar-refractivity contribution < 1.29 is 4.39 Å². The Hall–Kier alpha value is -1.81. The lowest BCUT2D eigenvalue weighted by Gasteiger charge is -2.09. The van der Waals surface area contributed by atoms with E-state index < -0.39 is 0 Å². The largest absolute Gasteiger partial charge is 0.370 e. The molecule has 0 spiro atoms. The fraction of sp³-hybridized carbons (Fsp3) is 0.154. The van der Waals surface area contributed by atoms with Crippen LogP contribution in [-0.4, -0.2) is 11.5 Å². The molecule has 0 unspecified atom stereocenters. The number of aromatic nitrogens is 1. The van der Waals surface area contributed by atoms with Crippen LogP contribution in [0, 0.1) is 5.82 Å². The summed E-state index contributed by atoms with van der Waals surface area (Å²) in [6, 6.07) is 7.97. The van der Waals surface area contributed by atoms with Crippen molar-refractivity contribution in [2.45, 2.75) is 6.92 Å². The molecule has 0 radical (unpaired) electrons. The van der Waals surface area contributed by atoms with Crippen molar-refractivity contribution in [2.75, 3.05) is 17.2 Å². The van der Waals surface area contributed by atoms with Crippen molar-refractivity contribution in [3.05, 3.63) is 47.4 Å². The first-order chi connectivity index (χ1) is 8.67. The van der Waals surface area contributed by atoms with Crippen LogP contribution in [0.4, 0.5) is 21.6 Å². The van der Waals surface area contributed by atoms with Crippen molar-refractivity contribution in [1.82, 2.24) is 4.98 Å². The first kappa shape index (κ1) is 12.6. The maximum atomic E-state index is 13.2. The third kappa shape index (κ3) is 3.34. The molecule has 2 N–H and O–H groups in total. The average molecular weight is 266 g/mol. The van der Waals surface area contributed by atoms with E-state index in [2.05, 4.69) is 15.6 Å². The second-order valence-electron chi connectivity index (χ2n) is 3.74. The number of pyridine rings is 1. The Labute approximate surface area is 110 Å². The lowest BCUT2D eigenvalue weighted by molar-refractivity contribution is 0.628. The Morgan fingerprint density at radius 3 is 2.78 bits per heavy atom. The topological polar surface area (TPSA) is 37.0 Å². The van der Waals surface area contributed by atoms with Gasteiger partial charge < -0.3 is 10.6 Å². The van der Waals surface area contributed by atoms with Gasteiger partial charge in [-0.1, -0.05) is 11.6 Å². The van der Waals surface area contributed by atoms with Crippen LogP contribution < -0.4 is 10.6 Å². The SMILES string of the molecule is CCNc1cc(Nc2cc(F)cc(Cl)c2)ccn1. The van der Waals surface area contributed by atoms with Gasteiger partial charge in [-0.25, -0.2) is 9.37 Å². The smallest absolute Gasteiger partial charge is 0.127 e. The normalized spacial score (nSPS) is 10.2. The van der Waals surface area contributed by atoms with Gasteiger partial charge in [0.25, 0.3) is 0 Å². The van der Waals surface area contributed by atoms with E-state index >= 15 is 0 Å². The summed E-state index contributed by atoms with van der Waals surface area (Å²) in [5.41, 5.74) is 1.43. The first-order valence-electron chi connectivity index (χ1n) is 5.60. The van der Waals surface area contributed by atoms with Gasteiger partial charge in [-0.15, -0.1) is 0 Å². The van der Waals surface area contributed by atoms with Gasteiger partial charge in [-0.3, -0.25) is 0 Å². The molecular weight excluding hydrogens is 253 g/mol. The van der Waals surface area contributed by atoms with Crippen LogP contribution in [0.2, 0.25) is 5.02 Å². The third-order valence-corrected chi connectivity index (χ3v) is 2.49. The molecule has 1 heterocycles. The van der Waals surface area contributed by atoms with Gasteiger partial charge >= 0.3 is 0 Å². The Kier molecular flexibility index (Phi) is 3.99. The van der Waals surface area contributed by atoms with Crippen molar-refractivity contribution in [3.8, 4) is 0 Å². The molecular formula is C13H13ClFN3. The molecule has 1 aromatic carbocycles. The zero-order chi connectivity index (χ0) is 13.0. The molecule has 94 valence electrons. The number of hydrogen-bond acceptors (Lipinski definition) is 3. The third-order valence-electron chi connectivity index (χ3n) is 2.27. The van der Waals surface area contributed by atoms with Gasteiger partial charge in [-0.05, 0) is 31.2 Å². The quantitative estimate of drug-likeness (QED) is 0.876.